The molecule has 12 heavy (non-hydrogen) atoms. The van der Waals surface area contributed by atoms with Crippen LogP contribution < -0.4 is 0 Å². The average molecular weight is 176 g/mol. The Morgan fingerprint density at radius 1 is 1.42 bits per heavy atom. The highest BCUT2D eigenvalue weighted by atomic mass is 16.7. The highest BCUT2D eigenvalue weighted by Crippen LogP contribution is 2.13. The fourth-order valence-corrected chi connectivity index (χ4v) is 0.459. The lowest BCUT2D eigenvalue weighted by Gasteiger charge is -2.20. The molecule has 0 aromatic heterocycles. The molecule has 0 aliphatic heterocycles. The first-order valence-electron chi connectivity index (χ1n) is 3.92. The van der Waals surface area contributed by atoms with Crippen molar-refractivity contribution in [3.8, 4) is 0 Å². The van der Waals surface area contributed by atoms with Crippen LogP contribution in [-0.4, -0.2) is 31.1 Å². The van der Waals surface area contributed by atoms with Crippen molar-refractivity contribution in [1.29, 1.82) is 0 Å². The molecule has 0 aliphatic rings. The lowest BCUT2D eigenvalue weighted by atomic mass is 9.97. The van der Waals surface area contributed by atoms with Gasteiger partial charge in [-0.2, -0.15) is 0 Å². The maximum absolute atomic E-state index is 10.7. The van der Waals surface area contributed by atoms with E-state index in [1.165, 1.54) is 0 Å². The summed E-state index contributed by atoms with van der Waals surface area (Å²) in [5, 5.41) is 8.80. The molecule has 4 nitrogen and oxygen atoms in total. The smallest absolute Gasteiger partial charge is 0.435 e. The molecule has 0 atom stereocenters. The molecule has 0 heterocycles. The second kappa shape index (κ2) is 4.98. The minimum absolute atomic E-state index is 0.0214. The van der Waals surface area contributed by atoms with E-state index in [-0.39, 0.29) is 13.2 Å². The van der Waals surface area contributed by atoms with Crippen molar-refractivity contribution in [2.75, 3.05) is 19.8 Å². The average Bonchev–Trinajstić information content (AvgIpc) is 2.02. The van der Waals surface area contributed by atoms with Crippen LogP contribution in [0.25, 0.3) is 0 Å². The summed E-state index contributed by atoms with van der Waals surface area (Å²) in [5.74, 6) is 0. The summed E-state index contributed by atoms with van der Waals surface area (Å²) in [7, 11) is 0. The number of carbonyl (C=O) groups excluding carboxylic acids is 1. The summed E-state index contributed by atoms with van der Waals surface area (Å²) in [6.07, 6.45) is -0.681. The van der Waals surface area contributed by atoms with E-state index in [4.69, 9.17) is 9.84 Å². The van der Waals surface area contributed by atoms with Crippen LogP contribution in [0.1, 0.15) is 20.8 Å². The molecule has 0 amide bonds. The Kier molecular flexibility index (Phi) is 4.66. The number of aliphatic hydroxyl groups excluding tert-OH is 1. The van der Waals surface area contributed by atoms with Crippen LogP contribution in [0.4, 0.5) is 4.79 Å². The van der Waals surface area contributed by atoms with E-state index in [9.17, 15) is 4.79 Å². The number of ether oxygens (including phenoxy) is 2. The van der Waals surface area contributed by atoms with Gasteiger partial charge < -0.3 is 14.6 Å². The van der Waals surface area contributed by atoms with Gasteiger partial charge in [-0.15, -0.1) is 0 Å². The van der Waals surface area contributed by atoms with Gasteiger partial charge in [-0.3, -0.25) is 0 Å². The second-order valence-electron chi connectivity index (χ2n) is 3.29. The predicted molar refractivity (Wildman–Crippen MR) is 43.8 cm³/mol. The minimum atomic E-state index is -0.681. The predicted octanol–water partition coefficient (Wildman–Crippen LogP) is 1.18. The summed E-state index contributed by atoms with van der Waals surface area (Å²) in [6, 6.07) is 0. The summed E-state index contributed by atoms with van der Waals surface area (Å²) in [4.78, 5) is 10.7. The molecule has 0 aromatic carbocycles. The zero-order chi connectivity index (χ0) is 9.61. The van der Waals surface area contributed by atoms with Crippen LogP contribution in [0.15, 0.2) is 0 Å². The first kappa shape index (κ1) is 11.2. The number of hydrogen-bond acceptors (Lipinski definition) is 4. The Labute approximate surface area is 72.5 Å². The van der Waals surface area contributed by atoms with E-state index in [0.29, 0.717) is 6.61 Å². The van der Waals surface area contributed by atoms with Crippen LogP contribution in [-0.2, 0) is 9.47 Å². The fraction of sp³-hybridized carbons (Fsp3) is 0.875. The number of rotatable bonds is 4. The Hall–Kier alpha value is -0.770. The molecule has 72 valence electrons. The van der Waals surface area contributed by atoms with Crippen molar-refractivity contribution in [1.82, 2.24) is 0 Å². The lowest BCUT2D eigenvalue weighted by Crippen LogP contribution is -2.25. The van der Waals surface area contributed by atoms with Crippen molar-refractivity contribution in [2.24, 2.45) is 5.41 Å². The molecular weight excluding hydrogens is 160 g/mol. The van der Waals surface area contributed by atoms with Gasteiger partial charge >= 0.3 is 6.16 Å². The van der Waals surface area contributed by atoms with Gasteiger partial charge in [-0.25, -0.2) is 4.79 Å². The van der Waals surface area contributed by atoms with Crippen molar-refractivity contribution >= 4 is 6.16 Å². The van der Waals surface area contributed by atoms with E-state index in [1.807, 2.05) is 0 Å². The normalized spacial score (nSPS) is 11.0. The molecule has 0 radical (unpaired) electrons. The number of hydrogen-bond donors (Lipinski definition) is 1. The van der Waals surface area contributed by atoms with Gasteiger partial charge in [-0.1, -0.05) is 13.8 Å². The van der Waals surface area contributed by atoms with Gasteiger partial charge in [0.25, 0.3) is 0 Å². The molecule has 0 aliphatic carbocycles. The molecule has 0 fully saturated rings. The third-order valence-corrected chi connectivity index (χ3v) is 1.27. The quantitative estimate of drug-likeness (QED) is 0.653. The second-order valence-corrected chi connectivity index (χ2v) is 3.29. The molecule has 0 saturated heterocycles. The molecule has 0 bridgehead atoms. The summed E-state index contributed by atoms with van der Waals surface area (Å²) in [5.41, 5.74) is -0.396. The zero-order valence-corrected chi connectivity index (χ0v) is 7.79. The van der Waals surface area contributed by atoms with Crippen molar-refractivity contribution in [3.05, 3.63) is 0 Å². The Balaban J connectivity index is 3.60. The van der Waals surface area contributed by atoms with Gasteiger partial charge in [0.15, 0.2) is 0 Å². The first-order valence-corrected chi connectivity index (χ1v) is 3.92. The zero-order valence-electron chi connectivity index (χ0n) is 7.79. The Morgan fingerprint density at radius 3 is 2.42 bits per heavy atom. The molecule has 0 aromatic rings. The largest absolute Gasteiger partial charge is 0.508 e. The van der Waals surface area contributed by atoms with Crippen LogP contribution in [0, 0.1) is 5.41 Å². The van der Waals surface area contributed by atoms with Gasteiger partial charge in [0.1, 0.15) is 6.61 Å². The van der Waals surface area contributed by atoms with Crippen LogP contribution in [0.2, 0.25) is 0 Å². The third kappa shape index (κ3) is 4.96. The van der Waals surface area contributed by atoms with E-state index in [0.717, 1.165) is 0 Å². The number of carbonyl (C=O) groups is 1. The van der Waals surface area contributed by atoms with Gasteiger partial charge in [0.2, 0.25) is 0 Å². The molecule has 0 unspecified atom stereocenters. The first-order chi connectivity index (χ1) is 5.52. The molecular formula is C8H16O4. The van der Waals surface area contributed by atoms with Crippen molar-refractivity contribution in [2.45, 2.75) is 20.8 Å². The van der Waals surface area contributed by atoms with E-state index in [1.54, 1.807) is 20.8 Å². The molecule has 4 heteroatoms. The Bertz CT molecular complexity index is 142. The highest BCUT2D eigenvalue weighted by molar-refractivity contribution is 5.59. The van der Waals surface area contributed by atoms with E-state index in [2.05, 4.69) is 4.74 Å². The van der Waals surface area contributed by atoms with E-state index < -0.39 is 11.6 Å². The number of aliphatic hydroxyl groups is 1. The fourth-order valence-electron chi connectivity index (χ4n) is 0.459. The van der Waals surface area contributed by atoms with Gasteiger partial charge in [0.05, 0.1) is 13.2 Å². The topological polar surface area (TPSA) is 55.8 Å². The maximum atomic E-state index is 10.7. The van der Waals surface area contributed by atoms with Gasteiger partial charge in [-0.05, 0) is 6.92 Å². The molecule has 0 spiro atoms. The minimum Gasteiger partial charge on any atom is -0.435 e. The highest BCUT2D eigenvalue weighted by Gasteiger charge is 2.19. The monoisotopic (exact) mass is 176 g/mol. The standard InChI is InChI=1S/C8H16O4/c1-4-11-7(10)12-6-8(2,3)5-9/h9H,4-6H2,1-3H3. The molecule has 0 saturated carbocycles. The lowest BCUT2D eigenvalue weighted by molar-refractivity contribution is 0.0161. The van der Waals surface area contributed by atoms with Crippen molar-refractivity contribution in [3.63, 3.8) is 0 Å². The Morgan fingerprint density at radius 2 is 2.00 bits per heavy atom. The van der Waals surface area contributed by atoms with Crippen LogP contribution in [0.3, 0.4) is 0 Å². The van der Waals surface area contributed by atoms with Crippen LogP contribution >= 0.6 is 0 Å². The third-order valence-electron chi connectivity index (χ3n) is 1.27. The maximum Gasteiger partial charge on any atom is 0.508 e. The van der Waals surface area contributed by atoms with Crippen LogP contribution in [0.5, 0.6) is 0 Å². The summed E-state index contributed by atoms with van der Waals surface area (Å²) < 4.78 is 9.26. The SMILES string of the molecule is CCOC(=O)OCC(C)(C)CO. The summed E-state index contributed by atoms with van der Waals surface area (Å²) in [6.45, 7) is 5.75. The summed E-state index contributed by atoms with van der Waals surface area (Å²) >= 11 is 0. The van der Waals surface area contributed by atoms with Gasteiger partial charge in [0, 0.05) is 5.41 Å². The van der Waals surface area contributed by atoms with Crippen molar-refractivity contribution < 1.29 is 19.4 Å². The molecule has 1 N–H and O–H groups in total. The molecule has 0 rings (SSSR count). The van der Waals surface area contributed by atoms with E-state index >= 15 is 0 Å².